The number of rotatable bonds is 4. The van der Waals surface area contributed by atoms with Crippen LogP contribution in [0.5, 0.6) is 0 Å². The molecule has 0 unspecified atom stereocenters. The Hall–Kier alpha value is -1.59. The van der Waals surface area contributed by atoms with E-state index in [1.54, 1.807) is 4.90 Å². The van der Waals surface area contributed by atoms with Gasteiger partial charge in [0.25, 0.3) is 5.91 Å². The molecule has 0 radical (unpaired) electrons. The van der Waals surface area contributed by atoms with Gasteiger partial charge in [0.05, 0.1) is 0 Å². The first-order valence-corrected chi connectivity index (χ1v) is 8.66. The van der Waals surface area contributed by atoms with Crippen LogP contribution in [0.3, 0.4) is 0 Å². The molecule has 0 aromatic heterocycles. The average Bonchev–Trinajstić information content (AvgIpc) is 2.67. The van der Waals surface area contributed by atoms with E-state index in [0.29, 0.717) is 6.42 Å². The summed E-state index contributed by atoms with van der Waals surface area (Å²) in [4.78, 5) is 40.6. The molecule has 1 N–H and O–H groups in total. The van der Waals surface area contributed by atoms with Gasteiger partial charge < -0.3 is 10.2 Å². The highest BCUT2D eigenvalue weighted by atomic mass is 16.2. The van der Waals surface area contributed by atoms with Crippen LogP contribution < -0.4 is 5.32 Å². The Morgan fingerprint density at radius 1 is 1.26 bits per heavy atom. The molecule has 6 heteroatoms. The van der Waals surface area contributed by atoms with E-state index in [0.717, 1.165) is 24.2 Å². The van der Waals surface area contributed by atoms with Gasteiger partial charge in [-0.3, -0.25) is 14.5 Å². The third-order valence-corrected chi connectivity index (χ3v) is 5.20. The number of imide groups is 1. The predicted octanol–water partition coefficient (Wildman–Crippen LogP) is 2.13. The molecule has 130 valence electrons. The number of nitrogens with one attached hydrogen (secondary N) is 1. The second-order valence-electron chi connectivity index (χ2n) is 7.43. The Labute approximate surface area is 138 Å². The minimum absolute atomic E-state index is 0.0332. The minimum Gasteiger partial charge on any atom is -0.336 e. The summed E-state index contributed by atoms with van der Waals surface area (Å²) >= 11 is 0. The molecule has 1 aliphatic carbocycles. The SMILES string of the molecule is CC(C)N(C(=O)CN1C(=O)N[C@]2(CCCC[C@H]2C)C1=O)C(C)C. The first kappa shape index (κ1) is 17.8. The zero-order chi connectivity index (χ0) is 17.4. The summed E-state index contributed by atoms with van der Waals surface area (Å²) in [6.45, 7) is 9.60. The molecule has 1 spiro atoms. The molecule has 2 aliphatic rings. The van der Waals surface area contributed by atoms with Crippen molar-refractivity contribution >= 4 is 17.8 Å². The topological polar surface area (TPSA) is 69.7 Å². The van der Waals surface area contributed by atoms with E-state index in [1.165, 1.54) is 0 Å². The Bertz CT molecular complexity index is 495. The molecule has 1 saturated heterocycles. The number of carbonyl (C=O) groups excluding carboxylic acids is 3. The van der Waals surface area contributed by atoms with Crippen molar-refractivity contribution in [3.8, 4) is 0 Å². The van der Waals surface area contributed by atoms with Crippen molar-refractivity contribution in [1.29, 1.82) is 0 Å². The highest BCUT2D eigenvalue weighted by Crippen LogP contribution is 2.38. The Balaban J connectivity index is 2.16. The van der Waals surface area contributed by atoms with Crippen LogP contribution in [0.2, 0.25) is 0 Å². The fourth-order valence-corrected chi connectivity index (χ4v) is 4.03. The molecule has 1 aliphatic heterocycles. The molecule has 23 heavy (non-hydrogen) atoms. The fraction of sp³-hybridized carbons (Fsp3) is 0.824. The summed E-state index contributed by atoms with van der Waals surface area (Å²) in [7, 11) is 0. The molecule has 0 aromatic carbocycles. The van der Waals surface area contributed by atoms with Crippen LogP contribution in [0.15, 0.2) is 0 Å². The standard InChI is InChI=1S/C17H29N3O3/c1-11(2)20(12(3)4)14(21)10-19-15(22)17(18-16(19)23)9-7-6-8-13(17)5/h11-13H,6-10H2,1-5H3,(H,18,23)/t13-,17+/m1/s1. The minimum atomic E-state index is -0.796. The number of nitrogens with zero attached hydrogens (tertiary/aromatic N) is 2. The lowest BCUT2D eigenvalue weighted by atomic mass is 9.73. The lowest BCUT2D eigenvalue weighted by molar-refractivity contribution is -0.142. The normalized spacial score (nSPS) is 28.0. The van der Waals surface area contributed by atoms with Crippen molar-refractivity contribution in [1.82, 2.24) is 15.1 Å². The van der Waals surface area contributed by atoms with Crippen LogP contribution in [0.1, 0.15) is 60.3 Å². The van der Waals surface area contributed by atoms with Gasteiger partial charge in [-0.2, -0.15) is 0 Å². The monoisotopic (exact) mass is 323 g/mol. The molecule has 0 bridgehead atoms. The first-order chi connectivity index (χ1) is 10.7. The lowest BCUT2D eigenvalue weighted by Gasteiger charge is -2.37. The van der Waals surface area contributed by atoms with Gasteiger partial charge in [0.15, 0.2) is 0 Å². The summed E-state index contributed by atoms with van der Waals surface area (Å²) in [6.07, 6.45) is 3.61. The maximum Gasteiger partial charge on any atom is 0.325 e. The lowest BCUT2D eigenvalue weighted by Crippen LogP contribution is -2.54. The highest BCUT2D eigenvalue weighted by Gasteiger charge is 2.55. The summed E-state index contributed by atoms with van der Waals surface area (Å²) in [5, 5.41) is 2.89. The van der Waals surface area contributed by atoms with Gasteiger partial charge in [-0.15, -0.1) is 0 Å². The molecule has 2 atom stereocenters. The van der Waals surface area contributed by atoms with E-state index in [2.05, 4.69) is 5.32 Å². The van der Waals surface area contributed by atoms with E-state index >= 15 is 0 Å². The van der Waals surface area contributed by atoms with Gasteiger partial charge in [0.2, 0.25) is 5.91 Å². The van der Waals surface area contributed by atoms with Crippen molar-refractivity contribution in [2.45, 2.75) is 77.9 Å². The van der Waals surface area contributed by atoms with Crippen molar-refractivity contribution in [3.05, 3.63) is 0 Å². The summed E-state index contributed by atoms with van der Waals surface area (Å²) in [5.41, 5.74) is -0.796. The van der Waals surface area contributed by atoms with Crippen LogP contribution in [0, 0.1) is 5.92 Å². The number of amides is 4. The number of urea groups is 1. The second kappa shape index (κ2) is 6.49. The van der Waals surface area contributed by atoms with Crippen LogP contribution in [-0.4, -0.2) is 51.8 Å². The van der Waals surface area contributed by atoms with E-state index in [4.69, 9.17) is 0 Å². The predicted molar refractivity (Wildman–Crippen MR) is 87.7 cm³/mol. The summed E-state index contributed by atoms with van der Waals surface area (Å²) < 4.78 is 0. The number of hydrogen-bond acceptors (Lipinski definition) is 3. The third kappa shape index (κ3) is 3.08. The largest absolute Gasteiger partial charge is 0.336 e. The maximum atomic E-state index is 12.9. The summed E-state index contributed by atoms with van der Waals surface area (Å²) in [5.74, 6) is -0.298. The van der Waals surface area contributed by atoms with Gasteiger partial charge in [-0.25, -0.2) is 4.79 Å². The van der Waals surface area contributed by atoms with Crippen molar-refractivity contribution in [2.75, 3.05) is 6.54 Å². The zero-order valence-corrected chi connectivity index (χ0v) is 14.9. The van der Waals surface area contributed by atoms with Crippen molar-refractivity contribution in [3.63, 3.8) is 0 Å². The van der Waals surface area contributed by atoms with Crippen molar-refractivity contribution in [2.24, 2.45) is 5.92 Å². The summed E-state index contributed by atoms with van der Waals surface area (Å²) in [6, 6.07) is -0.360. The molecule has 4 amide bonds. The van der Waals surface area contributed by atoms with Crippen LogP contribution in [0.25, 0.3) is 0 Å². The highest BCUT2D eigenvalue weighted by molar-refractivity contribution is 6.09. The van der Waals surface area contributed by atoms with E-state index in [-0.39, 0.29) is 36.4 Å². The molecule has 6 nitrogen and oxygen atoms in total. The number of carbonyl (C=O) groups is 3. The van der Waals surface area contributed by atoms with E-state index < -0.39 is 11.6 Å². The molecule has 0 aromatic rings. The maximum absolute atomic E-state index is 12.9. The van der Waals surface area contributed by atoms with Gasteiger partial charge in [-0.1, -0.05) is 19.8 Å². The van der Waals surface area contributed by atoms with Crippen LogP contribution in [-0.2, 0) is 9.59 Å². The smallest absolute Gasteiger partial charge is 0.325 e. The average molecular weight is 323 g/mol. The second-order valence-corrected chi connectivity index (χ2v) is 7.43. The van der Waals surface area contributed by atoms with Gasteiger partial charge >= 0.3 is 6.03 Å². The molecule has 1 heterocycles. The molecule has 2 fully saturated rings. The molecule has 2 rings (SSSR count). The van der Waals surface area contributed by atoms with Crippen LogP contribution >= 0.6 is 0 Å². The fourth-order valence-electron chi connectivity index (χ4n) is 4.03. The van der Waals surface area contributed by atoms with Gasteiger partial charge in [0, 0.05) is 12.1 Å². The molecular formula is C17H29N3O3. The van der Waals surface area contributed by atoms with E-state index in [1.807, 2.05) is 34.6 Å². The molecule has 1 saturated carbocycles. The Kier molecular flexibility index (Phi) is 5.01. The number of hydrogen-bond donors (Lipinski definition) is 1. The van der Waals surface area contributed by atoms with Crippen LogP contribution in [0.4, 0.5) is 4.79 Å². The van der Waals surface area contributed by atoms with Crippen molar-refractivity contribution < 1.29 is 14.4 Å². The third-order valence-electron chi connectivity index (χ3n) is 5.20. The van der Waals surface area contributed by atoms with E-state index in [9.17, 15) is 14.4 Å². The zero-order valence-electron chi connectivity index (χ0n) is 14.9. The Morgan fingerprint density at radius 2 is 1.87 bits per heavy atom. The quantitative estimate of drug-likeness (QED) is 0.806. The Morgan fingerprint density at radius 3 is 2.39 bits per heavy atom. The van der Waals surface area contributed by atoms with Gasteiger partial charge in [-0.05, 0) is 46.5 Å². The van der Waals surface area contributed by atoms with Gasteiger partial charge in [0.1, 0.15) is 12.1 Å². The first-order valence-electron chi connectivity index (χ1n) is 8.66. The molecular weight excluding hydrogens is 294 g/mol.